The third-order valence-electron chi connectivity index (χ3n) is 1.79. The van der Waals surface area contributed by atoms with Crippen molar-refractivity contribution in [2.75, 3.05) is 0 Å². The van der Waals surface area contributed by atoms with Crippen molar-refractivity contribution in [3.8, 4) is 0 Å². The Morgan fingerprint density at radius 2 is 2.23 bits per heavy atom. The van der Waals surface area contributed by atoms with Crippen LogP contribution < -0.4 is 0 Å². The molecule has 1 aromatic heterocycles. The normalized spacial score (nSPS) is 10.2. The molecule has 2 rings (SSSR count). The van der Waals surface area contributed by atoms with Crippen LogP contribution in [0.15, 0.2) is 36.4 Å². The van der Waals surface area contributed by atoms with Crippen molar-refractivity contribution < 1.29 is 0 Å². The van der Waals surface area contributed by atoms with Gasteiger partial charge in [0.05, 0.1) is 0 Å². The Kier molecular flexibility index (Phi) is 2.67. The molecule has 0 aliphatic rings. The number of benzene rings is 1. The first-order valence-corrected chi connectivity index (χ1v) is 5.23. The summed E-state index contributed by atoms with van der Waals surface area (Å²) in [6, 6.07) is 12.0. The predicted octanol–water partition coefficient (Wildman–Crippen LogP) is 3.79. The van der Waals surface area contributed by atoms with Crippen LogP contribution >= 0.6 is 22.9 Å². The van der Waals surface area contributed by atoms with E-state index in [4.69, 9.17) is 11.6 Å². The molecule has 1 radical (unpaired) electrons. The number of thiophene rings is 1. The molecule has 0 aliphatic carbocycles. The standard InChI is InChI=1S/C11H8ClS/c12-10-4-1-3-9(7-10)8-11-5-2-6-13-11/h1-5,7H,8H2. The van der Waals surface area contributed by atoms with E-state index < -0.39 is 0 Å². The second-order valence-electron chi connectivity index (χ2n) is 2.83. The van der Waals surface area contributed by atoms with Gasteiger partial charge in [-0.05, 0) is 29.8 Å². The fourth-order valence-corrected chi connectivity index (χ4v) is 2.09. The van der Waals surface area contributed by atoms with Gasteiger partial charge in [-0.1, -0.05) is 23.7 Å². The lowest BCUT2D eigenvalue weighted by Crippen LogP contribution is -1.82. The van der Waals surface area contributed by atoms with Gasteiger partial charge in [-0.3, -0.25) is 0 Å². The number of hydrogen-bond donors (Lipinski definition) is 0. The average Bonchev–Trinajstić information content (AvgIpc) is 2.57. The molecule has 0 nitrogen and oxygen atoms in total. The first kappa shape index (κ1) is 8.79. The molecule has 0 fully saturated rings. The third-order valence-corrected chi connectivity index (χ3v) is 2.83. The SMILES string of the molecule is Clc1cccc(Cc2cc[c]s2)c1. The van der Waals surface area contributed by atoms with Crippen molar-refractivity contribution in [1.29, 1.82) is 0 Å². The zero-order valence-electron chi connectivity index (χ0n) is 6.96. The Labute approximate surface area is 86.8 Å². The van der Waals surface area contributed by atoms with Crippen molar-refractivity contribution in [3.05, 3.63) is 57.2 Å². The summed E-state index contributed by atoms with van der Waals surface area (Å²) in [5.74, 6) is 0. The van der Waals surface area contributed by atoms with Crippen molar-refractivity contribution in [3.63, 3.8) is 0 Å². The molecule has 0 atom stereocenters. The van der Waals surface area contributed by atoms with Crippen LogP contribution in [0.1, 0.15) is 10.4 Å². The number of rotatable bonds is 2. The van der Waals surface area contributed by atoms with Crippen LogP contribution in [0, 0.1) is 5.38 Å². The van der Waals surface area contributed by atoms with E-state index in [1.54, 1.807) is 11.3 Å². The molecule has 0 unspecified atom stereocenters. The summed E-state index contributed by atoms with van der Waals surface area (Å²) in [5, 5.41) is 3.88. The van der Waals surface area contributed by atoms with Gasteiger partial charge in [-0.25, -0.2) is 0 Å². The van der Waals surface area contributed by atoms with Gasteiger partial charge in [0.1, 0.15) is 0 Å². The molecule has 2 aromatic rings. The van der Waals surface area contributed by atoms with Crippen LogP contribution in [-0.2, 0) is 6.42 Å². The highest BCUT2D eigenvalue weighted by molar-refractivity contribution is 7.09. The Balaban J connectivity index is 2.19. The van der Waals surface area contributed by atoms with Gasteiger partial charge in [0.2, 0.25) is 0 Å². The lowest BCUT2D eigenvalue weighted by atomic mass is 10.1. The largest absolute Gasteiger partial charge is 0.139 e. The maximum atomic E-state index is 5.88. The van der Waals surface area contributed by atoms with Crippen LogP contribution in [0.25, 0.3) is 0 Å². The second kappa shape index (κ2) is 3.95. The van der Waals surface area contributed by atoms with E-state index >= 15 is 0 Å². The fourth-order valence-electron chi connectivity index (χ4n) is 1.21. The van der Waals surface area contributed by atoms with Gasteiger partial charge in [0, 0.05) is 21.7 Å². The second-order valence-corrected chi connectivity index (χ2v) is 4.23. The molecule has 0 saturated heterocycles. The molecule has 0 N–H and O–H groups in total. The van der Waals surface area contributed by atoms with Crippen molar-refractivity contribution in [1.82, 2.24) is 0 Å². The number of hydrogen-bond acceptors (Lipinski definition) is 1. The van der Waals surface area contributed by atoms with Crippen LogP contribution in [0.4, 0.5) is 0 Å². The van der Waals surface area contributed by atoms with Crippen molar-refractivity contribution in [2.45, 2.75) is 6.42 Å². The smallest absolute Gasteiger partial charge is 0.0445 e. The maximum Gasteiger partial charge on any atom is 0.0445 e. The highest BCUT2D eigenvalue weighted by Gasteiger charge is 1.97. The highest BCUT2D eigenvalue weighted by Crippen LogP contribution is 2.17. The van der Waals surface area contributed by atoms with Gasteiger partial charge >= 0.3 is 0 Å². The van der Waals surface area contributed by atoms with E-state index in [0.717, 1.165) is 11.4 Å². The van der Waals surface area contributed by atoms with Gasteiger partial charge in [-0.15, -0.1) is 11.3 Å². The minimum absolute atomic E-state index is 0.804. The minimum atomic E-state index is 0.804. The monoisotopic (exact) mass is 207 g/mol. The quantitative estimate of drug-likeness (QED) is 0.703. The third kappa shape index (κ3) is 2.33. The summed E-state index contributed by atoms with van der Waals surface area (Å²) in [5.41, 5.74) is 1.25. The summed E-state index contributed by atoms with van der Waals surface area (Å²) < 4.78 is 0. The van der Waals surface area contributed by atoms with Crippen LogP contribution in [0.2, 0.25) is 5.02 Å². The maximum absolute atomic E-state index is 5.88. The minimum Gasteiger partial charge on any atom is -0.139 e. The lowest BCUT2D eigenvalue weighted by molar-refractivity contribution is 1.24. The van der Waals surface area contributed by atoms with E-state index in [1.807, 2.05) is 24.3 Å². The molecule has 0 spiro atoms. The van der Waals surface area contributed by atoms with Crippen molar-refractivity contribution in [2.24, 2.45) is 0 Å². The van der Waals surface area contributed by atoms with E-state index in [2.05, 4.69) is 17.5 Å². The van der Waals surface area contributed by atoms with Crippen molar-refractivity contribution >= 4 is 22.9 Å². The summed E-state index contributed by atoms with van der Waals surface area (Å²) in [4.78, 5) is 1.32. The van der Waals surface area contributed by atoms with Crippen LogP contribution in [-0.4, -0.2) is 0 Å². The summed E-state index contributed by atoms with van der Waals surface area (Å²) in [6.07, 6.45) is 0.953. The Bertz CT molecular complexity index is 379. The molecule has 1 heterocycles. The topological polar surface area (TPSA) is 0 Å². The summed E-state index contributed by atoms with van der Waals surface area (Å²) in [7, 11) is 0. The molecule has 65 valence electrons. The Morgan fingerprint density at radius 3 is 2.92 bits per heavy atom. The van der Waals surface area contributed by atoms with Gasteiger partial charge < -0.3 is 0 Å². The molecular weight excluding hydrogens is 200 g/mol. The van der Waals surface area contributed by atoms with E-state index in [0.29, 0.717) is 0 Å². The summed E-state index contributed by atoms with van der Waals surface area (Å²) in [6.45, 7) is 0. The molecule has 0 saturated carbocycles. The fraction of sp³-hybridized carbons (Fsp3) is 0.0909. The average molecular weight is 208 g/mol. The molecule has 0 bridgehead atoms. The summed E-state index contributed by atoms with van der Waals surface area (Å²) >= 11 is 7.54. The molecule has 0 aliphatic heterocycles. The predicted molar refractivity (Wildman–Crippen MR) is 57.4 cm³/mol. The molecule has 13 heavy (non-hydrogen) atoms. The number of halogens is 1. The van der Waals surface area contributed by atoms with Gasteiger partial charge in [0.15, 0.2) is 0 Å². The van der Waals surface area contributed by atoms with Crippen LogP contribution in [0.3, 0.4) is 0 Å². The zero-order valence-corrected chi connectivity index (χ0v) is 8.53. The van der Waals surface area contributed by atoms with E-state index in [1.165, 1.54) is 10.4 Å². The molecule has 1 aromatic carbocycles. The molecule has 0 amide bonds. The molecule has 2 heteroatoms. The first-order valence-electron chi connectivity index (χ1n) is 4.04. The van der Waals surface area contributed by atoms with Crippen LogP contribution in [0.5, 0.6) is 0 Å². The zero-order chi connectivity index (χ0) is 9.10. The lowest BCUT2D eigenvalue weighted by Gasteiger charge is -1.98. The van der Waals surface area contributed by atoms with E-state index in [-0.39, 0.29) is 0 Å². The highest BCUT2D eigenvalue weighted by atomic mass is 35.5. The van der Waals surface area contributed by atoms with Gasteiger partial charge in [0.25, 0.3) is 0 Å². The Morgan fingerprint density at radius 1 is 1.31 bits per heavy atom. The van der Waals surface area contributed by atoms with E-state index in [9.17, 15) is 0 Å². The molecular formula is C11H8ClS. The van der Waals surface area contributed by atoms with Gasteiger partial charge in [-0.2, -0.15) is 0 Å². The Hall–Kier alpha value is -0.790. The first-order chi connectivity index (χ1) is 6.34.